The number of hydrogen-bond acceptors (Lipinski definition) is 5. The standard InChI is InChI=1S/C12H10ClN3O4/c13-9-5-6-14-12(11(9)16(18)19)15-10(17)4-3-8-2-1-7-20-8/h1-2,5-7H,3-4H2,(H,14,15,17). The molecule has 0 aliphatic rings. The number of aryl methyl sites for hydroxylation is 1. The first-order chi connectivity index (χ1) is 9.58. The van der Waals surface area contributed by atoms with Gasteiger partial charge in [0, 0.05) is 19.0 Å². The number of pyridine rings is 1. The molecule has 0 bridgehead atoms. The maximum Gasteiger partial charge on any atom is 0.330 e. The summed E-state index contributed by atoms with van der Waals surface area (Å²) in [6.45, 7) is 0. The van der Waals surface area contributed by atoms with Crippen LogP contribution in [-0.2, 0) is 11.2 Å². The van der Waals surface area contributed by atoms with Crippen molar-refractivity contribution in [1.82, 2.24) is 4.98 Å². The average Bonchev–Trinajstić information content (AvgIpc) is 2.89. The van der Waals surface area contributed by atoms with E-state index in [1.54, 1.807) is 12.1 Å². The minimum absolute atomic E-state index is 0.0775. The monoisotopic (exact) mass is 295 g/mol. The van der Waals surface area contributed by atoms with E-state index >= 15 is 0 Å². The summed E-state index contributed by atoms with van der Waals surface area (Å²) in [5.41, 5.74) is -0.416. The van der Waals surface area contributed by atoms with Crippen LogP contribution in [0.25, 0.3) is 0 Å². The van der Waals surface area contributed by atoms with Crippen LogP contribution >= 0.6 is 11.6 Å². The summed E-state index contributed by atoms with van der Waals surface area (Å²) in [6.07, 6.45) is 3.32. The zero-order valence-electron chi connectivity index (χ0n) is 10.2. The Bertz CT molecular complexity index is 628. The van der Waals surface area contributed by atoms with Crippen molar-refractivity contribution in [3.05, 3.63) is 51.6 Å². The maximum absolute atomic E-state index is 11.7. The summed E-state index contributed by atoms with van der Waals surface area (Å²) in [4.78, 5) is 25.7. The lowest BCUT2D eigenvalue weighted by Crippen LogP contribution is -2.14. The third-order valence-electron chi connectivity index (χ3n) is 2.49. The normalized spacial score (nSPS) is 10.2. The number of nitrogens with zero attached hydrogens (tertiary/aromatic N) is 2. The number of carbonyl (C=O) groups excluding carboxylic acids is 1. The van der Waals surface area contributed by atoms with Gasteiger partial charge in [-0.05, 0) is 18.2 Å². The molecule has 1 N–H and O–H groups in total. The van der Waals surface area contributed by atoms with Gasteiger partial charge in [0.05, 0.1) is 11.2 Å². The van der Waals surface area contributed by atoms with Crippen LogP contribution in [0, 0.1) is 10.1 Å². The summed E-state index contributed by atoms with van der Waals surface area (Å²) in [7, 11) is 0. The molecule has 0 aliphatic carbocycles. The van der Waals surface area contributed by atoms with Gasteiger partial charge in [0.1, 0.15) is 10.8 Å². The van der Waals surface area contributed by atoms with Crippen molar-refractivity contribution in [1.29, 1.82) is 0 Å². The first kappa shape index (κ1) is 14.0. The van der Waals surface area contributed by atoms with Gasteiger partial charge in [-0.2, -0.15) is 0 Å². The molecule has 2 aromatic heterocycles. The Morgan fingerprint density at radius 3 is 2.95 bits per heavy atom. The first-order valence-electron chi connectivity index (χ1n) is 5.69. The van der Waals surface area contributed by atoms with E-state index in [4.69, 9.17) is 16.0 Å². The molecule has 0 spiro atoms. The summed E-state index contributed by atoms with van der Waals surface area (Å²) in [6, 6.07) is 4.75. The predicted octanol–water partition coefficient (Wildman–Crippen LogP) is 2.81. The van der Waals surface area contributed by atoms with Gasteiger partial charge in [-0.15, -0.1) is 0 Å². The van der Waals surface area contributed by atoms with Crippen molar-refractivity contribution in [3.63, 3.8) is 0 Å². The van der Waals surface area contributed by atoms with Crippen LogP contribution in [0.4, 0.5) is 11.5 Å². The highest BCUT2D eigenvalue weighted by Crippen LogP contribution is 2.30. The van der Waals surface area contributed by atoms with E-state index in [1.165, 1.54) is 18.5 Å². The van der Waals surface area contributed by atoms with Gasteiger partial charge < -0.3 is 9.73 Å². The molecule has 0 atom stereocenters. The molecule has 20 heavy (non-hydrogen) atoms. The molecule has 0 aliphatic heterocycles. The second-order valence-corrected chi connectivity index (χ2v) is 4.28. The highest BCUT2D eigenvalue weighted by molar-refractivity contribution is 6.33. The third kappa shape index (κ3) is 3.33. The second-order valence-electron chi connectivity index (χ2n) is 3.87. The van der Waals surface area contributed by atoms with E-state index in [9.17, 15) is 14.9 Å². The van der Waals surface area contributed by atoms with Crippen LogP contribution in [0.2, 0.25) is 5.02 Å². The molecule has 0 unspecified atom stereocenters. The molecule has 7 nitrogen and oxygen atoms in total. The van der Waals surface area contributed by atoms with Gasteiger partial charge in [-0.3, -0.25) is 14.9 Å². The largest absolute Gasteiger partial charge is 0.469 e. The van der Waals surface area contributed by atoms with Crippen LogP contribution in [0.1, 0.15) is 12.2 Å². The number of hydrogen-bond donors (Lipinski definition) is 1. The van der Waals surface area contributed by atoms with Crippen molar-refractivity contribution in [2.75, 3.05) is 5.32 Å². The molecule has 2 aromatic rings. The van der Waals surface area contributed by atoms with E-state index in [2.05, 4.69) is 10.3 Å². The van der Waals surface area contributed by atoms with Crippen LogP contribution in [0.5, 0.6) is 0 Å². The Morgan fingerprint density at radius 2 is 2.30 bits per heavy atom. The highest BCUT2D eigenvalue weighted by Gasteiger charge is 2.21. The molecular formula is C12H10ClN3O4. The highest BCUT2D eigenvalue weighted by atomic mass is 35.5. The topological polar surface area (TPSA) is 98.3 Å². The fraction of sp³-hybridized carbons (Fsp3) is 0.167. The van der Waals surface area contributed by atoms with Crippen LogP contribution in [0.15, 0.2) is 35.1 Å². The zero-order valence-corrected chi connectivity index (χ0v) is 11.0. The van der Waals surface area contributed by atoms with Crippen LogP contribution < -0.4 is 5.32 Å². The number of furan rings is 1. The molecule has 0 fully saturated rings. The SMILES string of the molecule is O=C(CCc1ccco1)Nc1nccc(Cl)c1[N+](=O)[O-]. The van der Waals surface area contributed by atoms with Crippen molar-refractivity contribution in [2.45, 2.75) is 12.8 Å². The van der Waals surface area contributed by atoms with Gasteiger partial charge in [-0.25, -0.2) is 4.98 Å². The summed E-state index contributed by atoms with van der Waals surface area (Å²) >= 11 is 5.72. The fourth-order valence-electron chi connectivity index (χ4n) is 1.58. The molecule has 0 aromatic carbocycles. The van der Waals surface area contributed by atoms with E-state index < -0.39 is 16.5 Å². The van der Waals surface area contributed by atoms with Crippen molar-refractivity contribution < 1.29 is 14.1 Å². The zero-order chi connectivity index (χ0) is 14.5. The lowest BCUT2D eigenvalue weighted by molar-refractivity contribution is -0.384. The van der Waals surface area contributed by atoms with Crippen molar-refractivity contribution in [3.8, 4) is 0 Å². The Kier molecular flexibility index (Phi) is 4.31. The summed E-state index contributed by atoms with van der Waals surface area (Å²) < 4.78 is 5.09. The Labute approximate surface area is 118 Å². The fourth-order valence-corrected chi connectivity index (χ4v) is 1.80. The van der Waals surface area contributed by atoms with Crippen molar-refractivity contribution >= 4 is 29.0 Å². The van der Waals surface area contributed by atoms with Gasteiger partial charge in [-0.1, -0.05) is 11.6 Å². The predicted molar refractivity (Wildman–Crippen MR) is 71.6 cm³/mol. The molecule has 0 radical (unpaired) electrons. The van der Waals surface area contributed by atoms with Gasteiger partial charge >= 0.3 is 5.69 Å². The number of halogens is 1. The lowest BCUT2D eigenvalue weighted by atomic mass is 10.2. The van der Waals surface area contributed by atoms with E-state index in [0.29, 0.717) is 12.2 Å². The second kappa shape index (κ2) is 6.16. The van der Waals surface area contributed by atoms with Crippen LogP contribution in [-0.4, -0.2) is 15.8 Å². The molecule has 2 rings (SSSR count). The number of rotatable bonds is 5. The van der Waals surface area contributed by atoms with Crippen molar-refractivity contribution in [2.24, 2.45) is 0 Å². The number of nitro groups is 1. The number of aromatic nitrogens is 1. The smallest absolute Gasteiger partial charge is 0.330 e. The molecule has 1 amide bonds. The first-order valence-corrected chi connectivity index (χ1v) is 6.07. The van der Waals surface area contributed by atoms with Gasteiger partial charge in [0.15, 0.2) is 0 Å². The number of carbonyl (C=O) groups is 1. The molecule has 104 valence electrons. The Hall–Kier alpha value is -2.41. The minimum Gasteiger partial charge on any atom is -0.469 e. The molecular weight excluding hydrogens is 286 g/mol. The summed E-state index contributed by atoms with van der Waals surface area (Å²) in [5, 5.41) is 13.2. The third-order valence-corrected chi connectivity index (χ3v) is 2.80. The molecule has 0 saturated heterocycles. The quantitative estimate of drug-likeness (QED) is 0.675. The number of anilines is 1. The molecule has 0 saturated carbocycles. The average molecular weight is 296 g/mol. The van der Waals surface area contributed by atoms with E-state index in [-0.39, 0.29) is 17.3 Å². The number of amides is 1. The summed E-state index contributed by atoms with van der Waals surface area (Å²) in [5.74, 6) is 0.0971. The Balaban J connectivity index is 2.04. The molecule has 8 heteroatoms. The van der Waals surface area contributed by atoms with E-state index in [1.807, 2.05) is 0 Å². The van der Waals surface area contributed by atoms with Gasteiger partial charge in [0.25, 0.3) is 0 Å². The Morgan fingerprint density at radius 1 is 1.50 bits per heavy atom. The van der Waals surface area contributed by atoms with Gasteiger partial charge in [0.2, 0.25) is 11.7 Å². The molecule has 2 heterocycles. The lowest BCUT2D eigenvalue weighted by Gasteiger charge is -2.05. The number of nitrogens with one attached hydrogen (secondary N) is 1. The minimum atomic E-state index is -0.683. The maximum atomic E-state index is 11.7. The van der Waals surface area contributed by atoms with E-state index in [0.717, 1.165) is 0 Å². The van der Waals surface area contributed by atoms with Crippen LogP contribution in [0.3, 0.4) is 0 Å².